The number of halogens is 4. The zero-order valence-corrected chi connectivity index (χ0v) is 11.8. The molecule has 0 bridgehead atoms. The highest BCUT2D eigenvalue weighted by molar-refractivity contribution is 9.10. The quantitative estimate of drug-likeness (QED) is 0.644. The second-order valence-corrected chi connectivity index (χ2v) is 5.41. The van der Waals surface area contributed by atoms with Crippen molar-refractivity contribution in [2.24, 2.45) is 0 Å². The lowest BCUT2D eigenvalue weighted by molar-refractivity contribution is 0.588. The number of hydrogen-bond donors (Lipinski definition) is 0. The fourth-order valence-electron chi connectivity index (χ4n) is 1.55. The van der Waals surface area contributed by atoms with Gasteiger partial charge in [-0.1, -0.05) is 44.0 Å². The lowest BCUT2D eigenvalue weighted by atomic mass is 10.0. The van der Waals surface area contributed by atoms with E-state index in [1.807, 2.05) is 24.3 Å². The molecule has 0 saturated carbocycles. The van der Waals surface area contributed by atoms with Gasteiger partial charge in [0.2, 0.25) is 0 Å². The maximum absolute atomic E-state index is 13.6. The molecule has 0 saturated heterocycles. The molecule has 1 unspecified atom stereocenters. The summed E-state index contributed by atoms with van der Waals surface area (Å²) in [6.45, 7) is 0. The van der Waals surface area contributed by atoms with Gasteiger partial charge in [-0.2, -0.15) is 0 Å². The molecular weight excluding hydrogens is 354 g/mol. The van der Waals surface area contributed by atoms with Crippen molar-refractivity contribution in [1.82, 2.24) is 0 Å². The molecule has 1 atom stereocenters. The minimum absolute atomic E-state index is 0.295. The number of hydrogen-bond acceptors (Lipinski definition) is 0. The van der Waals surface area contributed by atoms with Gasteiger partial charge in [-0.25, -0.2) is 8.78 Å². The highest BCUT2D eigenvalue weighted by atomic mass is 79.9. The van der Waals surface area contributed by atoms with E-state index in [1.54, 1.807) is 0 Å². The summed E-state index contributed by atoms with van der Waals surface area (Å²) in [6.07, 6.45) is 0. The van der Waals surface area contributed by atoms with Crippen LogP contribution in [0.15, 0.2) is 46.9 Å². The van der Waals surface area contributed by atoms with E-state index in [1.165, 1.54) is 6.07 Å². The molecule has 2 aromatic carbocycles. The monoisotopic (exact) mass is 360 g/mol. The summed E-state index contributed by atoms with van der Waals surface area (Å²) in [7, 11) is 0. The van der Waals surface area contributed by atoms with Crippen LogP contribution in [-0.4, -0.2) is 0 Å². The molecule has 0 N–H and O–H groups in total. The van der Waals surface area contributed by atoms with Crippen LogP contribution in [0.2, 0.25) is 0 Å². The summed E-state index contributed by atoms with van der Waals surface area (Å²) >= 11 is 6.73. The molecule has 0 radical (unpaired) electrons. The first-order valence-corrected chi connectivity index (χ1v) is 6.63. The summed E-state index contributed by atoms with van der Waals surface area (Å²) in [4.78, 5) is -0.365. The van der Waals surface area contributed by atoms with Gasteiger partial charge in [-0.05, 0) is 35.9 Å². The van der Waals surface area contributed by atoms with Gasteiger partial charge in [0.25, 0.3) is 0 Å². The molecular formula is C13H8Br2F2. The Kier molecular flexibility index (Phi) is 3.94. The van der Waals surface area contributed by atoms with Gasteiger partial charge < -0.3 is 0 Å². The highest BCUT2D eigenvalue weighted by Crippen LogP contribution is 2.33. The lowest BCUT2D eigenvalue weighted by Crippen LogP contribution is -1.97. The Balaban J connectivity index is 2.43. The van der Waals surface area contributed by atoms with Crippen LogP contribution in [-0.2, 0) is 0 Å². The van der Waals surface area contributed by atoms with Crippen LogP contribution in [0.1, 0.15) is 16.0 Å². The zero-order valence-electron chi connectivity index (χ0n) is 8.63. The summed E-state index contributed by atoms with van der Waals surface area (Å²) in [5.41, 5.74) is 1.16. The lowest BCUT2D eigenvalue weighted by Gasteiger charge is -2.12. The molecule has 0 fully saturated rings. The van der Waals surface area contributed by atoms with Crippen LogP contribution in [0.25, 0.3) is 0 Å². The molecule has 88 valence electrons. The van der Waals surface area contributed by atoms with Gasteiger partial charge in [-0.3, -0.25) is 0 Å². The molecule has 0 heterocycles. The Labute approximate surface area is 115 Å². The van der Waals surface area contributed by atoms with E-state index in [4.69, 9.17) is 0 Å². The third-order valence-electron chi connectivity index (χ3n) is 2.37. The fraction of sp³-hybridized carbons (Fsp3) is 0.0769. The van der Waals surface area contributed by atoms with Crippen molar-refractivity contribution in [3.63, 3.8) is 0 Å². The van der Waals surface area contributed by atoms with E-state index in [9.17, 15) is 8.78 Å². The predicted octanol–water partition coefficient (Wildman–Crippen LogP) is 5.21. The molecule has 0 aliphatic heterocycles. The van der Waals surface area contributed by atoms with E-state index in [0.717, 1.165) is 22.2 Å². The van der Waals surface area contributed by atoms with Gasteiger partial charge in [-0.15, -0.1) is 0 Å². The molecule has 2 aromatic rings. The van der Waals surface area contributed by atoms with Crippen LogP contribution in [0.4, 0.5) is 8.78 Å². The second-order valence-electron chi connectivity index (χ2n) is 3.58. The van der Waals surface area contributed by atoms with Crippen LogP contribution in [0.5, 0.6) is 0 Å². The van der Waals surface area contributed by atoms with Crippen molar-refractivity contribution in [3.8, 4) is 0 Å². The van der Waals surface area contributed by atoms with Crippen LogP contribution < -0.4 is 0 Å². The summed E-state index contributed by atoms with van der Waals surface area (Å²) in [5.74, 6) is -0.867. The van der Waals surface area contributed by atoms with Gasteiger partial charge in [0.15, 0.2) is 0 Å². The van der Waals surface area contributed by atoms with Crippen LogP contribution in [0, 0.1) is 11.6 Å². The number of alkyl halides is 1. The minimum atomic E-state index is -0.444. The first kappa shape index (κ1) is 12.7. The van der Waals surface area contributed by atoms with Crippen molar-refractivity contribution < 1.29 is 8.78 Å². The SMILES string of the molecule is Fc1ccc(F)c(C(Br)c2cccc(Br)c2)c1. The van der Waals surface area contributed by atoms with Gasteiger partial charge >= 0.3 is 0 Å². The maximum Gasteiger partial charge on any atom is 0.128 e. The van der Waals surface area contributed by atoms with Gasteiger partial charge in [0.05, 0.1) is 4.83 Å². The maximum atomic E-state index is 13.6. The van der Waals surface area contributed by atoms with E-state index < -0.39 is 11.6 Å². The smallest absolute Gasteiger partial charge is 0.128 e. The Bertz CT molecular complexity index is 541. The number of benzene rings is 2. The first-order chi connectivity index (χ1) is 8.08. The van der Waals surface area contributed by atoms with Gasteiger partial charge in [0.1, 0.15) is 11.6 Å². The van der Waals surface area contributed by atoms with E-state index in [-0.39, 0.29) is 4.83 Å². The number of rotatable bonds is 2. The Hall–Kier alpha value is -0.740. The molecule has 17 heavy (non-hydrogen) atoms. The van der Waals surface area contributed by atoms with Gasteiger partial charge in [0, 0.05) is 10.0 Å². The highest BCUT2D eigenvalue weighted by Gasteiger charge is 2.15. The Morgan fingerprint density at radius 3 is 2.47 bits per heavy atom. The summed E-state index contributed by atoms with van der Waals surface area (Å²) < 4.78 is 27.6. The normalized spacial score (nSPS) is 12.5. The van der Waals surface area contributed by atoms with E-state index in [2.05, 4.69) is 31.9 Å². The van der Waals surface area contributed by atoms with Crippen molar-refractivity contribution in [2.45, 2.75) is 4.83 Å². The average molecular weight is 362 g/mol. The molecule has 2 rings (SSSR count). The predicted molar refractivity (Wildman–Crippen MR) is 71.3 cm³/mol. The molecule has 0 spiro atoms. The van der Waals surface area contributed by atoms with Crippen LogP contribution in [0.3, 0.4) is 0 Å². The Morgan fingerprint density at radius 1 is 1.00 bits per heavy atom. The van der Waals surface area contributed by atoms with Crippen molar-refractivity contribution in [3.05, 3.63) is 69.7 Å². The standard InChI is InChI=1S/C13H8Br2F2/c14-9-3-1-2-8(6-9)13(15)11-7-10(16)4-5-12(11)17/h1-7,13H. The van der Waals surface area contributed by atoms with E-state index in [0.29, 0.717) is 5.56 Å². The largest absolute Gasteiger partial charge is 0.207 e. The third-order valence-corrected chi connectivity index (χ3v) is 3.89. The zero-order chi connectivity index (χ0) is 12.4. The van der Waals surface area contributed by atoms with Crippen molar-refractivity contribution >= 4 is 31.9 Å². The molecule has 0 nitrogen and oxygen atoms in total. The second kappa shape index (κ2) is 5.27. The molecule has 0 aliphatic rings. The summed E-state index contributed by atoms with van der Waals surface area (Å²) in [6, 6.07) is 10.9. The molecule has 4 heteroatoms. The Morgan fingerprint density at radius 2 is 1.76 bits per heavy atom. The molecule has 0 aromatic heterocycles. The van der Waals surface area contributed by atoms with Crippen molar-refractivity contribution in [2.75, 3.05) is 0 Å². The van der Waals surface area contributed by atoms with Crippen molar-refractivity contribution in [1.29, 1.82) is 0 Å². The van der Waals surface area contributed by atoms with E-state index >= 15 is 0 Å². The first-order valence-electron chi connectivity index (χ1n) is 4.92. The molecule has 0 aliphatic carbocycles. The fourth-order valence-corrected chi connectivity index (χ4v) is 2.61. The minimum Gasteiger partial charge on any atom is -0.207 e. The average Bonchev–Trinajstić information content (AvgIpc) is 2.31. The van der Waals surface area contributed by atoms with Crippen LogP contribution >= 0.6 is 31.9 Å². The molecule has 0 amide bonds. The third kappa shape index (κ3) is 2.93. The summed E-state index contributed by atoms with van der Waals surface area (Å²) in [5, 5.41) is 0. The topological polar surface area (TPSA) is 0 Å².